The van der Waals surface area contributed by atoms with Crippen LogP contribution in [0.3, 0.4) is 0 Å². The first-order valence-electron chi connectivity index (χ1n) is 6.33. The van der Waals surface area contributed by atoms with Crippen molar-refractivity contribution in [3.8, 4) is 0 Å². The number of carbonyl (C=O) groups is 1. The van der Waals surface area contributed by atoms with Gasteiger partial charge in [-0.1, -0.05) is 19.3 Å². The molecule has 0 atom stereocenters. The fraction of sp³-hybridized carbons (Fsp3) is 0.462. The third-order valence-electron chi connectivity index (χ3n) is 3.60. The molecule has 2 aromatic heterocycles. The molecule has 2 heterocycles. The van der Waals surface area contributed by atoms with Crippen LogP contribution in [0.5, 0.6) is 0 Å². The summed E-state index contributed by atoms with van der Waals surface area (Å²) in [5.74, 6) is 0.215. The van der Waals surface area contributed by atoms with Gasteiger partial charge in [-0.25, -0.2) is 14.8 Å². The van der Waals surface area contributed by atoms with Gasteiger partial charge in [-0.3, -0.25) is 4.40 Å². The van der Waals surface area contributed by atoms with Crippen molar-refractivity contribution in [2.45, 2.75) is 38.0 Å². The molecule has 1 aliphatic carbocycles. The molecule has 0 radical (unpaired) electrons. The van der Waals surface area contributed by atoms with Crippen LogP contribution >= 0.6 is 0 Å². The quantitative estimate of drug-likeness (QED) is 0.882. The molecule has 5 nitrogen and oxygen atoms in total. The maximum atomic E-state index is 11.2. The number of hydrogen-bond acceptors (Lipinski definition) is 3. The van der Waals surface area contributed by atoms with Gasteiger partial charge in [-0.2, -0.15) is 0 Å². The molecular formula is C13H15N3O2. The highest BCUT2D eigenvalue weighted by atomic mass is 16.4. The normalized spacial score (nSPS) is 17.1. The molecule has 18 heavy (non-hydrogen) atoms. The molecule has 1 aliphatic rings. The molecule has 5 heteroatoms. The summed E-state index contributed by atoms with van der Waals surface area (Å²) in [4.78, 5) is 19.6. The van der Waals surface area contributed by atoms with Crippen molar-refractivity contribution in [1.29, 1.82) is 0 Å². The minimum Gasteiger partial charge on any atom is -0.476 e. The summed E-state index contributed by atoms with van der Waals surface area (Å²) in [6.45, 7) is 0. The number of hydrogen-bond donors (Lipinski definition) is 1. The molecule has 0 unspecified atom stereocenters. The molecule has 0 aromatic carbocycles. The molecule has 1 fully saturated rings. The van der Waals surface area contributed by atoms with E-state index in [-0.39, 0.29) is 5.69 Å². The minimum atomic E-state index is -1.01. The van der Waals surface area contributed by atoms with E-state index in [2.05, 4.69) is 9.97 Å². The van der Waals surface area contributed by atoms with Crippen LogP contribution in [-0.4, -0.2) is 25.4 Å². The lowest BCUT2D eigenvalue weighted by molar-refractivity contribution is 0.0693. The van der Waals surface area contributed by atoms with Gasteiger partial charge in [-0.05, 0) is 18.9 Å². The van der Waals surface area contributed by atoms with E-state index in [1.807, 2.05) is 16.7 Å². The topological polar surface area (TPSA) is 67.5 Å². The van der Waals surface area contributed by atoms with E-state index in [0.717, 1.165) is 18.7 Å². The fourth-order valence-corrected chi connectivity index (χ4v) is 2.74. The Hall–Kier alpha value is -1.91. The molecule has 0 spiro atoms. The highest BCUT2D eigenvalue weighted by Gasteiger charge is 2.24. The number of aromatic nitrogens is 3. The lowest BCUT2D eigenvalue weighted by atomic mass is 9.89. The van der Waals surface area contributed by atoms with Crippen LogP contribution in [0.4, 0.5) is 0 Å². The lowest BCUT2D eigenvalue weighted by Crippen LogP contribution is -2.08. The van der Waals surface area contributed by atoms with Crippen LogP contribution in [0.2, 0.25) is 0 Å². The maximum Gasteiger partial charge on any atom is 0.358 e. The first kappa shape index (κ1) is 11.2. The molecule has 0 aliphatic heterocycles. The average Bonchev–Trinajstić information content (AvgIpc) is 2.79. The Labute approximate surface area is 104 Å². The third-order valence-corrected chi connectivity index (χ3v) is 3.60. The van der Waals surface area contributed by atoms with Crippen molar-refractivity contribution in [2.75, 3.05) is 0 Å². The molecule has 0 bridgehead atoms. The van der Waals surface area contributed by atoms with E-state index in [1.165, 1.54) is 19.3 Å². The first-order valence-corrected chi connectivity index (χ1v) is 6.33. The van der Waals surface area contributed by atoms with Crippen LogP contribution in [0, 0.1) is 0 Å². The van der Waals surface area contributed by atoms with Crippen molar-refractivity contribution < 1.29 is 9.90 Å². The Balaban J connectivity index is 2.13. The molecule has 1 saturated carbocycles. The summed E-state index contributed by atoms with van der Waals surface area (Å²) in [5.41, 5.74) is 0.516. The van der Waals surface area contributed by atoms with E-state index < -0.39 is 5.97 Å². The van der Waals surface area contributed by atoms with Crippen LogP contribution in [-0.2, 0) is 0 Å². The van der Waals surface area contributed by atoms with Crippen LogP contribution in [0.15, 0.2) is 18.5 Å². The Bertz CT molecular complexity index is 585. The molecule has 1 N–H and O–H groups in total. The van der Waals surface area contributed by atoms with E-state index in [4.69, 9.17) is 0 Å². The Morgan fingerprint density at radius 2 is 2.11 bits per heavy atom. The van der Waals surface area contributed by atoms with Crippen molar-refractivity contribution in [3.05, 3.63) is 30.0 Å². The average molecular weight is 245 g/mol. The van der Waals surface area contributed by atoms with Gasteiger partial charge in [0.2, 0.25) is 0 Å². The minimum absolute atomic E-state index is 0.0659. The standard InChI is InChI=1S/C13H15N3O2/c17-13(18)10-12-14-7-4-8-16(12)11(15-10)9-5-2-1-3-6-9/h4,7-9H,1-3,5-6H2,(H,17,18). The molecule has 2 aromatic rings. The molecule has 0 saturated heterocycles. The second-order valence-corrected chi connectivity index (χ2v) is 4.77. The monoisotopic (exact) mass is 245 g/mol. The number of carboxylic acid groups (broad SMARTS) is 1. The van der Waals surface area contributed by atoms with Crippen molar-refractivity contribution in [2.24, 2.45) is 0 Å². The van der Waals surface area contributed by atoms with E-state index in [9.17, 15) is 9.90 Å². The van der Waals surface area contributed by atoms with Gasteiger partial charge in [0.25, 0.3) is 0 Å². The van der Waals surface area contributed by atoms with Crippen LogP contribution in [0.1, 0.15) is 54.3 Å². The van der Waals surface area contributed by atoms with Crippen molar-refractivity contribution in [1.82, 2.24) is 14.4 Å². The molecular weight excluding hydrogens is 230 g/mol. The SMILES string of the molecule is O=C(O)c1nc(C2CCCCC2)n2cccnc12. The Morgan fingerprint density at radius 1 is 1.33 bits per heavy atom. The van der Waals surface area contributed by atoms with Gasteiger partial charge in [0, 0.05) is 18.3 Å². The number of fused-ring (bicyclic) bond motifs is 1. The molecule has 0 amide bonds. The lowest BCUT2D eigenvalue weighted by Gasteiger charge is -2.20. The van der Waals surface area contributed by atoms with E-state index >= 15 is 0 Å². The predicted molar refractivity (Wildman–Crippen MR) is 65.8 cm³/mol. The zero-order valence-electron chi connectivity index (χ0n) is 10.0. The second-order valence-electron chi connectivity index (χ2n) is 4.77. The highest BCUT2D eigenvalue weighted by molar-refractivity contribution is 5.92. The van der Waals surface area contributed by atoms with Gasteiger partial charge >= 0.3 is 5.97 Å². The largest absolute Gasteiger partial charge is 0.476 e. The van der Waals surface area contributed by atoms with Gasteiger partial charge in [0.05, 0.1) is 0 Å². The Morgan fingerprint density at radius 3 is 2.83 bits per heavy atom. The molecule has 3 rings (SSSR count). The number of aromatic carboxylic acids is 1. The van der Waals surface area contributed by atoms with Gasteiger partial charge in [0.1, 0.15) is 5.82 Å². The third kappa shape index (κ3) is 1.75. The van der Waals surface area contributed by atoms with Crippen molar-refractivity contribution in [3.63, 3.8) is 0 Å². The zero-order chi connectivity index (χ0) is 12.5. The summed E-state index contributed by atoms with van der Waals surface area (Å²) < 4.78 is 1.83. The van der Waals surface area contributed by atoms with Gasteiger partial charge in [0.15, 0.2) is 11.3 Å². The second kappa shape index (κ2) is 4.40. The smallest absolute Gasteiger partial charge is 0.358 e. The number of imidazole rings is 1. The summed E-state index contributed by atoms with van der Waals surface area (Å²) >= 11 is 0. The summed E-state index contributed by atoms with van der Waals surface area (Å²) in [7, 11) is 0. The van der Waals surface area contributed by atoms with Crippen LogP contribution < -0.4 is 0 Å². The number of carboxylic acids is 1. The van der Waals surface area contributed by atoms with Gasteiger partial charge in [-0.15, -0.1) is 0 Å². The fourth-order valence-electron chi connectivity index (χ4n) is 2.74. The Kier molecular flexibility index (Phi) is 2.74. The predicted octanol–water partition coefficient (Wildman–Crippen LogP) is 2.48. The van der Waals surface area contributed by atoms with E-state index in [0.29, 0.717) is 11.6 Å². The van der Waals surface area contributed by atoms with Crippen molar-refractivity contribution >= 4 is 11.6 Å². The maximum absolute atomic E-state index is 11.2. The zero-order valence-corrected chi connectivity index (χ0v) is 10.0. The number of rotatable bonds is 2. The number of nitrogens with zero attached hydrogens (tertiary/aromatic N) is 3. The summed E-state index contributed by atoms with van der Waals surface area (Å²) in [5, 5.41) is 9.18. The first-order chi connectivity index (χ1) is 8.77. The summed E-state index contributed by atoms with van der Waals surface area (Å²) in [6, 6.07) is 1.81. The highest BCUT2D eigenvalue weighted by Crippen LogP contribution is 2.32. The summed E-state index contributed by atoms with van der Waals surface area (Å²) in [6.07, 6.45) is 9.30. The molecule has 94 valence electrons. The van der Waals surface area contributed by atoms with Crippen LogP contribution in [0.25, 0.3) is 5.65 Å². The van der Waals surface area contributed by atoms with E-state index in [1.54, 1.807) is 6.20 Å². The van der Waals surface area contributed by atoms with Gasteiger partial charge < -0.3 is 5.11 Å².